The Balaban J connectivity index is 0.000000256. The Morgan fingerprint density at radius 2 is 0.407 bits per heavy atom. The molecule has 0 unspecified atom stereocenters. The topological polar surface area (TPSA) is 13.0 Å². The van der Waals surface area contributed by atoms with Crippen LogP contribution < -0.4 is 19.2 Å². The first-order valence-corrected chi connectivity index (χ1v) is 22.1. The maximum absolute atomic E-state index is 2.33. The molecular formula is C52H72B2InN4-2. The summed E-state index contributed by atoms with van der Waals surface area (Å²) in [6.07, 6.45) is 8.87. The van der Waals surface area contributed by atoms with Crippen molar-refractivity contribution in [3.63, 3.8) is 0 Å². The smallest absolute Gasteiger partial charge is 0.00413 e. The summed E-state index contributed by atoms with van der Waals surface area (Å²) >= 11 is 0. The van der Waals surface area contributed by atoms with Crippen LogP contribution in [-0.2, 0) is 0 Å². The first kappa shape index (κ1) is 48.2. The van der Waals surface area contributed by atoms with E-state index in [1.54, 1.807) is 0 Å². The molecule has 311 valence electrons. The van der Waals surface area contributed by atoms with Crippen LogP contribution in [0.3, 0.4) is 0 Å². The second-order valence-corrected chi connectivity index (χ2v) is 18.8. The van der Waals surface area contributed by atoms with Gasteiger partial charge < -0.3 is 19.2 Å². The SMILES string of the molecule is CC(C)c1cccc(C(C)C)c1N1[B-]N(c2c(C(C)C)cccc2C(C)C)C=C1.CC(C)c1cccc(C(C)C)c1N1[B-]N(c2c(C(C)C)cccc2C(C)C)C=C1.[In]. The van der Waals surface area contributed by atoms with Crippen molar-refractivity contribution in [2.75, 3.05) is 19.2 Å². The van der Waals surface area contributed by atoms with Gasteiger partial charge in [-0.25, -0.2) is 0 Å². The third-order valence-corrected chi connectivity index (χ3v) is 11.7. The monoisotopic (exact) mass is 889 g/mol. The van der Waals surface area contributed by atoms with Crippen molar-refractivity contribution in [1.82, 2.24) is 0 Å². The van der Waals surface area contributed by atoms with Crippen molar-refractivity contribution in [2.24, 2.45) is 0 Å². The van der Waals surface area contributed by atoms with E-state index in [9.17, 15) is 0 Å². The molecule has 0 saturated heterocycles. The predicted octanol–water partition coefficient (Wildman–Crippen LogP) is 14.6. The summed E-state index contributed by atoms with van der Waals surface area (Å²) < 4.78 is 0. The van der Waals surface area contributed by atoms with Gasteiger partial charge in [0, 0.05) is 48.6 Å². The standard InChI is InChI=1S/2C26H36BN2.In/c2*1-17(2)21-11-9-12-22(18(3)4)25(21)28-15-16-29(27-28)26-23(19(5)6)13-10-14-24(26)20(7)8;/h2*9-20H,1-8H3;/q2*-1;. The van der Waals surface area contributed by atoms with E-state index in [1.807, 2.05) is 0 Å². The maximum Gasteiger partial charge on any atom is 0.00413 e. The summed E-state index contributed by atoms with van der Waals surface area (Å²) in [5.41, 5.74) is 16.6. The molecule has 0 spiro atoms. The molecule has 59 heavy (non-hydrogen) atoms. The van der Waals surface area contributed by atoms with Crippen LogP contribution in [-0.4, -0.2) is 40.9 Å². The van der Waals surface area contributed by atoms with Gasteiger partial charge in [0.25, 0.3) is 0 Å². The Kier molecular flexibility index (Phi) is 17.1. The Hall–Kier alpha value is -3.44. The molecule has 0 aromatic heterocycles. The minimum Gasteiger partial charge on any atom is -0.564 e. The normalized spacial score (nSPS) is 14.1. The number of benzene rings is 4. The molecule has 4 aromatic rings. The van der Waals surface area contributed by atoms with Gasteiger partial charge in [0.1, 0.15) is 0 Å². The summed E-state index contributed by atoms with van der Waals surface area (Å²) in [5, 5.41) is 0. The van der Waals surface area contributed by atoms with Gasteiger partial charge in [0.15, 0.2) is 0 Å². The molecule has 0 amide bonds. The fraction of sp³-hybridized carbons (Fsp3) is 0.462. The molecule has 2 heterocycles. The fourth-order valence-corrected chi connectivity index (χ4v) is 8.48. The zero-order chi connectivity index (χ0) is 42.6. The number of rotatable bonds is 12. The second-order valence-electron chi connectivity index (χ2n) is 18.8. The molecule has 7 radical (unpaired) electrons. The average Bonchev–Trinajstić information content (AvgIpc) is 3.87. The molecule has 7 heteroatoms. The van der Waals surface area contributed by atoms with Crippen molar-refractivity contribution in [3.05, 3.63) is 142 Å². The van der Waals surface area contributed by atoms with Crippen LogP contribution in [0, 0.1) is 0 Å². The van der Waals surface area contributed by atoms with E-state index in [1.165, 1.54) is 67.3 Å². The largest absolute Gasteiger partial charge is 0.564 e. The van der Waals surface area contributed by atoms with E-state index in [0.29, 0.717) is 47.3 Å². The summed E-state index contributed by atoms with van der Waals surface area (Å²) in [4.78, 5) is 9.30. The molecule has 0 bridgehead atoms. The van der Waals surface area contributed by atoms with Crippen LogP contribution in [0.1, 0.15) is 203 Å². The third-order valence-electron chi connectivity index (χ3n) is 11.7. The molecule has 0 atom stereocenters. The van der Waals surface area contributed by atoms with Crippen LogP contribution in [0.4, 0.5) is 22.7 Å². The Morgan fingerprint density at radius 1 is 0.271 bits per heavy atom. The number of hydrogen-bond acceptors (Lipinski definition) is 4. The van der Waals surface area contributed by atoms with E-state index in [2.05, 4.69) is 243 Å². The van der Waals surface area contributed by atoms with Crippen molar-refractivity contribution < 1.29 is 0 Å². The van der Waals surface area contributed by atoms with Gasteiger partial charge in [-0.3, -0.25) is 0 Å². The van der Waals surface area contributed by atoms with E-state index in [-0.39, 0.29) is 25.8 Å². The Labute approximate surface area is 380 Å². The van der Waals surface area contributed by atoms with Gasteiger partial charge in [-0.2, -0.15) is 0 Å². The van der Waals surface area contributed by atoms with Gasteiger partial charge in [0.2, 0.25) is 0 Å². The van der Waals surface area contributed by atoms with E-state index < -0.39 is 0 Å². The van der Waals surface area contributed by atoms with E-state index in [0.717, 1.165) is 0 Å². The molecule has 0 aliphatic carbocycles. The van der Waals surface area contributed by atoms with Crippen LogP contribution in [0.25, 0.3) is 0 Å². The predicted molar refractivity (Wildman–Crippen MR) is 264 cm³/mol. The average molecular weight is 890 g/mol. The zero-order valence-electron chi connectivity index (χ0n) is 39.4. The third kappa shape index (κ3) is 10.7. The summed E-state index contributed by atoms with van der Waals surface area (Å²) in [6.45, 7) is 36.5. The van der Waals surface area contributed by atoms with Crippen molar-refractivity contribution in [2.45, 2.75) is 158 Å². The summed E-state index contributed by atoms with van der Waals surface area (Å²) in [6, 6.07) is 27.0. The Bertz CT molecular complexity index is 1670. The van der Waals surface area contributed by atoms with Gasteiger partial charge in [-0.05, 0) is 117 Å². The molecule has 0 N–H and O–H groups in total. The van der Waals surface area contributed by atoms with Crippen LogP contribution in [0.5, 0.6) is 0 Å². The number of nitrogens with zero attached hydrogens (tertiary/aromatic N) is 4. The summed E-state index contributed by atoms with van der Waals surface area (Å²) in [5.74, 6) is 3.84. The van der Waals surface area contributed by atoms with Crippen molar-refractivity contribution in [3.8, 4) is 0 Å². The van der Waals surface area contributed by atoms with Gasteiger partial charge in [-0.1, -0.05) is 199 Å². The molecular weight excluding hydrogens is 817 g/mol. The van der Waals surface area contributed by atoms with Crippen molar-refractivity contribution in [1.29, 1.82) is 0 Å². The summed E-state index contributed by atoms with van der Waals surface area (Å²) in [7, 11) is 4.53. The minimum absolute atomic E-state index is 0. The molecule has 0 saturated carbocycles. The van der Waals surface area contributed by atoms with Gasteiger partial charge in [-0.15, -0.1) is 0 Å². The maximum atomic E-state index is 2.33. The van der Waals surface area contributed by atoms with Crippen LogP contribution >= 0.6 is 0 Å². The molecule has 0 fully saturated rings. The number of hydrogen-bond donors (Lipinski definition) is 0. The molecule has 6 rings (SSSR count). The van der Waals surface area contributed by atoms with Crippen LogP contribution in [0.2, 0.25) is 0 Å². The molecule has 4 nitrogen and oxygen atoms in total. The van der Waals surface area contributed by atoms with Crippen molar-refractivity contribution >= 4 is 63.7 Å². The van der Waals surface area contributed by atoms with Gasteiger partial charge in [0.05, 0.1) is 0 Å². The molecule has 2 aliphatic heterocycles. The molecule has 4 aromatic carbocycles. The quantitative estimate of drug-likeness (QED) is 0.131. The zero-order valence-corrected chi connectivity index (χ0v) is 42.7. The second kappa shape index (κ2) is 20.9. The number of para-hydroxylation sites is 4. The first-order chi connectivity index (χ1) is 27.4. The first-order valence-electron chi connectivity index (χ1n) is 22.1. The number of anilines is 4. The van der Waals surface area contributed by atoms with E-state index in [4.69, 9.17) is 0 Å². The van der Waals surface area contributed by atoms with E-state index >= 15 is 0 Å². The minimum atomic E-state index is 0. The van der Waals surface area contributed by atoms with Crippen LogP contribution in [0.15, 0.2) is 97.6 Å². The molecule has 2 aliphatic rings. The fourth-order valence-electron chi connectivity index (χ4n) is 8.48. The van der Waals surface area contributed by atoms with Gasteiger partial charge >= 0.3 is 0 Å². The Morgan fingerprint density at radius 3 is 0.525 bits per heavy atom.